The largest absolute Gasteiger partial charge is 0.481 e. The van der Waals surface area contributed by atoms with Crippen molar-refractivity contribution in [3.05, 3.63) is 54.5 Å². The maximum atomic E-state index is 10.7. The predicted molar refractivity (Wildman–Crippen MR) is 91.4 cm³/mol. The summed E-state index contributed by atoms with van der Waals surface area (Å²) in [6.45, 7) is 2.96. The fourth-order valence-corrected chi connectivity index (χ4v) is 3.14. The fraction of sp³-hybridized carbons (Fsp3) is 0.263. The molecule has 0 spiro atoms. The van der Waals surface area contributed by atoms with Crippen LogP contribution in [0.25, 0.3) is 22.0 Å². The van der Waals surface area contributed by atoms with Gasteiger partial charge in [-0.25, -0.2) is 0 Å². The van der Waals surface area contributed by atoms with Crippen LogP contribution in [0.2, 0.25) is 0 Å². The van der Waals surface area contributed by atoms with Crippen molar-refractivity contribution in [1.29, 1.82) is 0 Å². The van der Waals surface area contributed by atoms with Crippen LogP contribution in [0.5, 0.6) is 0 Å². The van der Waals surface area contributed by atoms with Crippen LogP contribution in [0.4, 0.5) is 0 Å². The van der Waals surface area contributed by atoms with E-state index in [2.05, 4.69) is 40.7 Å². The highest BCUT2D eigenvalue weighted by Gasteiger charge is 2.15. The molecule has 4 nitrogen and oxygen atoms in total. The summed E-state index contributed by atoms with van der Waals surface area (Å²) in [4.78, 5) is 14.9. The maximum absolute atomic E-state index is 10.7. The van der Waals surface area contributed by atoms with Crippen LogP contribution in [-0.4, -0.2) is 20.6 Å². The zero-order chi connectivity index (χ0) is 16.2. The Kier molecular flexibility index (Phi) is 4.42. The van der Waals surface area contributed by atoms with Crippen LogP contribution in [0.1, 0.15) is 25.0 Å². The van der Waals surface area contributed by atoms with Gasteiger partial charge >= 0.3 is 5.97 Å². The van der Waals surface area contributed by atoms with E-state index in [-0.39, 0.29) is 6.42 Å². The minimum Gasteiger partial charge on any atom is -0.481 e. The molecule has 0 aliphatic heterocycles. The number of carboxylic acid groups (broad SMARTS) is 1. The number of nitrogens with zero attached hydrogens (tertiary/aromatic N) is 2. The Morgan fingerprint density at radius 3 is 2.74 bits per heavy atom. The lowest BCUT2D eigenvalue weighted by atomic mass is 10.0. The lowest BCUT2D eigenvalue weighted by molar-refractivity contribution is -0.137. The van der Waals surface area contributed by atoms with E-state index < -0.39 is 5.97 Å². The second-order valence-corrected chi connectivity index (χ2v) is 5.72. The quantitative estimate of drug-likeness (QED) is 0.692. The highest BCUT2D eigenvalue weighted by Crippen LogP contribution is 2.34. The van der Waals surface area contributed by atoms with E-state index in [9.17, 15) is 4.79 Å². The second-order valence-electron chi connectivity index (χ2n) is 5.72. The Morgan fingerprint density at radius 2 is 2.00 bits per heavy atom. The van der Waals surface area contributed by atoms with Gasteiger partial charge in [-0.15, -0.1) is 0 Å². The molecule has 0 amide bonds. The molecule has 4 heteroatoms. The van der Waals surface area contributed by atoms with Crippen molar-refractivity contribution in [2.45, 2.75) is 32.7 Å². The SMILES string of the molecule is Cc1c(-c2cccnc2)c2ccccc2n1CCCCC(=O)O. The molecular formula is C19H20N2O2. The van der Waals surface area contributed by atoms with E-state index in [1.165, 1.54) is 22.2 Å². The molecular weight excluding hydrogens is 288 g/mol. The average molecular weight is 308 g/mol. The zero-order valence-corrected chi connectivity index (χ0v) is 13.2. The van der Waals surface area contributed by atoms with Gasteiger partial charge in [-0.2, -0.15) is 0 Å². The summed E-state index contributed by atoms with van der Waals surface area (Å²) in [5.41, 5.74) is 4.73. The van der Waals surface area contributed by atoms with Gasteiger partial charge in [-0.05, 0) is 31.9 Å². The van der Waals surface area contributed by atoms with Crippen molar-refractivity contribution in [2.75, 3.05) is 0 Å². The summed E-state index contributed by atoms with van der Waals surface area (Å²) in [5.74, 6) is -0.727. The molecule has 3 aromatic rings. The van der Waals surface area contributed by atoms with E-state index in [1.807, 2.05) is 18.3 Å². The van der Waals surface area contributed by atoms with E-state index >= 15 is 0 Å². The minimum absolute atomic E-state index is 0.230. The molecule has 0 atom stereocenters. The Morgan fingerprint density at radius 1 is 1.17 bits per heavy atom. The first-order valence-electron chi connectivity index (χ1n) is 7.88. The van der Waals surface area contributed by atoms with Gasteiger partial charge < -0.3 is 9.67 Å². The number of pyridine rings is 1. The first-order chi connectivity index (χ1) is 11.2. The second kappa shape index (κ2) is 6.65. The summed E-state index contributed by atoms with van der Waals surface area (Å²) >= 11 is 0. The number of para-hydroxylation sites is 1. The number of benzene rings is 1. The van der Waals surface area contributed by atoms with Gasteiger partial charge in [0.25, 0.3) is 0 Å². The molecule has 2 heterocycles. The number of aromatic nitrogens is 2. The van der Waals surface area contributed by atoms with Crippen LogP contribution >= 0.6 is 0 Å². The molecule has 1 N–H and O–H groups in total. The van der Waals surface area contributed by atoms with Crippen molar-refractivity contribution in [3.8, 4) is 11.1 Å². The Balaban J connectivity index is 1.99. The fourth-order valence-electron chi connectivity index (χ4n) is 3.14. The molecule has 0 aliphatic carbocycles. The smallest absolute Gasteiger partial charge is 0.303 e. The third-order valence-corrected chi connectivity index (χ3v) is 4.20. The van der Waals surface area contributed by atoms with Gasteiger partial charge in [0, 0.05) is 53.1 Å². The van der Waals surface area contributed by atoms with Crippen LogP contribution in [0.15, 0.2) is 48.8 Å². The van der Waals surface area contributed by atoms with Gasteiger partial charge in [-0.1, -0.05) is 24.3 Å². The number of aryl methyl sites for hydroxylation is 1. The Labute approximate surface area is 135 Å². The van der Waals surface area contributed by atoms with Gasteiger partial charge in [0.1, 0.15) is 0 Å². The van der Waals surface area contributed by atoms with Crippen LogP contribution in [0.3, 0.4) is 0 Å². The number of fused-ring (bicyclic) bond motifs is 1. The third kappa shape index (κ3) is 3.11. The summed E-state index contributed by atoms with van der Waals surface area (Å²) in [6.07, 6.45) is 5.46. The molecule has 0 radical (unpaired) electrons. The number of hydrogen-bond acceptors (Lipinski definition) is 2. The van der Waals surface area contributed by atoms with Crippen molar-refractivity contribution in [3.63, 3.8) is 0 Å². The number of rotatable bonds is 6. The minimum atomic E-state index is -0.727. The number of carboxylic acids is 1. The van der Waals surface area contributed by atoms with Gasteiger partial charge in [0.2, 0.25) is 0 Å². The summed E-state index contributed by atoms with van der Waals surface area (Å²) in [7, 11) is 0. The zero-order valence-electron chi connectivity index (χ0n) is 13.2. The molecule has 2 aromatic heterocycles. The standard InChI is InChI=1S/C19H20N2O2/c1-14-19(15-7-6-11-20-13-15)16-8-2-3-9-17(16)21(14)12-5-4-10-18(22)23/h2-3,6-9,11,13H,4-5,10,12H2,1H3,(H,22,23). The molecule has 0 fully saturated rings. The predicted octanol–water partition coefficient (Wildman–Crippen LogP) is 4.27. The third-order valence-electron chi connectivity index (χ3n) is 4.20. The van der Waals surface area contributed by atoms with Gasteiger partial charge in [0.05, 0.1) is 0 Å². The first-order valence-corrected chi connectivity index (χ1v) is 7.88. The molecule has 118 valence electrons. The molecule has 3 rings (SSSR count). The Bertz CT molecular complexity index is 822. The number of carbonyl (C=O) groups is 1. The molecule has 0 saturated heterocycles. The van der Waals surface area contributed by atoms with Crippen molar-refractivity contribution < 1.29 is 9.90 Å². The summed E-state index contributed by atoms with van der Waals surface area (Å²) in [5, 5.41) is 9.99. The lowest BCUT2D eigenvalue weighted by Crippen LogP contribution is -2.02. The average Bonchev–Trinajstić information content (AvgIpc) is 2.84. The van der Waals surface area contributed by atoms with Crippen LogP contribution in [0, 0.1) is 6.92 Å². The van der Waals surface area contributed by atoms with Gasteiger partial charge in [-0.3, -0.25) is 9.78 Å². The molecule has 0 saturated carbocycles. The van der Waals surface area contributed by atoms with E-state index in [0.29, 0.717) is 6.42 Å². The normalized spacial score (nSPS) is 11.0. The van der Waals surface area contributed by atoms with Gasteiger partial charge in [0.15, 0.2) is 0 Å². The molecule has 0 aliphatic rings. The molecule has 23 heavy (non-hydrogen) atoms. The Hall–Kier alpha value is -2.62. The van der Waals surface area contributed by atoms with Crippen molar-refractivity contribution >= 4 is 16.9 Å². The molecule has 1 aromatic carbocycles. The van der Waals surface area contributed by atoms with E-state index in [4.69, 9.17) is 5.11 Å². The molecule has 0 unspecified atom stereocenters. The maximum Gasteiger partial charge on any atom is 0.303 e. The number of hydrogen-bond donors (Lipinski definition) is 1. The molecule has 0 bridgehead atoms. The number of unbranched alkanes of at least 4 members (excludes halogenated alkanes) is 1. The number of aliphatic carboxylic acids is 1. The monoisotopic (exact) mass is 308 g/mol. The van der Waals surface area contributed by atoms with Crippen LogP contribution < -0.4 is 0 Å². The van der Waals surface area contributed by atoms with E-state index in [0.717, 1.165) is 18.5 Å². The highest BCUT2D eigenvalue weighted by atomic mass is 16.4. The highest BCUT2D eigenvalue weighted by molar-refractivity contribution is 5.97. The van der Waals surface area contributed by atoms with Crippen molar-refractivity contribution in [2.24, 2.45) is 0 Å². The van der Waals surface area contributed by atoms with Crippen molar-refractivity contribution in [1.82, 2.24) is 9.55 Å². The van der Waals surface area contributed by atoms with E-state index in [1.54, 1.807) is 6.20 Å². The van der Waals surface area contributed by atoms with Crippen LogP contribution in [-0.2, 0) is 11.3 Å². The summed E-state index contributed by atoms with van der Waals surface area (Å²) < 4.78 is 2.29. The topological polar surface area (TPSA) is 55.1 Å². The first kappa shape index (κ1) is 15.3. The lowest BCUT2D eigenvalue weighted by Gasteiger charge is -2.08. The summed E-state index contributed by atoms with van der Waals surface area (Å²) in [6, 6.07) is 12.4.